The van der Waals surface area contributed by atoms with Gasteiger partial charge >= 0.3 is 0 Å². The molecule has 0 saturated carbocycles. The van der Waals surface area contributed by atoms with Crippen molar-refractivity contribution in [1.82, 2.24) is 0 Å². The highest BCUT2D eigenvalue weighted by molar-refractivity contribution is 9.10. The predicted octanol–water partition coefficient (Wildman–Crippen LogP) is 3.45. The van der Waals surface area contributed by atoms with E-state index >= 15 is 0 Å². The number of furan rings is 1. The van der Waals surface area contributed by atoms with Crippen LogP contribution in [-0.2, 0) is 13.2 Å². The van der Waals surface area contributed by atoms with Crippen LogP contribution in [0, 0.1) is 6.92 Å². The zero-order valence-electron chi connectivity index (χ0n) is 9.53. The summed E-state index contributed by atoms with van der Waals surface area (Å²) in [5, 5.41) is 12.2. The highest BCUT2D eigenvalue weighted by atomic mass is 79.9. The molecule has 90 valence electrons. The van der Waals surface area contributed by atoms with Crippen LogP contribution in [0.15, 0.2) is 39.2 Å². The lowest BCUT2D eigenvalue weighted by Crippen LogP contribution is -2.00. The molecule has 2 N–H and O–H groups in total. The highest BCUT2D eigenvalue weighted by Gasteiger charge is 2.03. The first-order valence-electron chi connectivity index (χ1n) is 5.38. The summed E-state index contributed by atoms with van der Waals surface area (Å²) in [4.78, 5) is 0. The lowest BCUT2D eigenvalue weighted by atomic mass is 10.2. The summed E-state index contributed by atoms with van der Waals surface area (Å²) >= 11 is 3.49. The predicted molar refractivity (Wildman–Crippen MR) is 70.8 cm³/mol. The smallest absolute Gasteiger partial charge is 0.129 e. The molecule has 0 aliphatic carbocycles. The molecule has 1 aromatic carbocycles. The molecule has 4 heteroatoms. The number of halogens is 1. The van der Waals surface area contributed by atoms with Crippen LogP contribution >= 0.6 is 15.9 Å². The molecule has 17 heavy (non-hydrogen) atoms. The second kappa shape index (κ2) is 5.38. The molecule has 0 unspecified atom stereocenters. The fraction of sp³-hybridized carbons (Fsp3) is 0.231. The van der Waals surface area contributed by atoms with Crippen LogP contribution in [0.5, 0.6) is 0 Å². The Hall–Kier alpha value is -1.26. The van der Waals surface area contributed by atoms with Gasteiger partial charge in [-0.3, -0.25) is 0 Å². The number of benzene rings is 1. The third-order valence-electron chi connectivity index (χ3n) is 2.59. The summed E-state index contributed by atoms with van der Waals surface area (Å²) in [5.74, 6) is 1.40. The van der Waals surface area contributed by atoms with Gasteiger partial charge in [0.1, 0.15) is 18.1 Å². The average molecular weight is 296 g/mol. The lowest BCUT2D eigenvalue weighted by molar-refractivity contribution is 0.244. The average Bonchev–Trinajstić information content (AvgIpc) is 2.79. The maximum Gasteiger partial charge on any atom is 0.129 e. The molecule has 0 fully saturated rings. The van der Waals surface area contributed by atoms with Crippen molar-refractivity contribution in [3.63, 3.8) is 0 Å². The Bertz CT molecular complexity index is 508. The number of aliphatic hydroxyl groups is 1. The van der Waals surface area contributed by atoms with Crippen molar-refractivity contribution in [2.75, 3.05) is 5.32 Å². The molecular weight excluding hydrogens is 282 g/mol. The number of aliphatic hydroxyl groups excluding tert-OH is 1. The molecule has 0 radical (unpaired) electrons. The zero-order chi connectivity index (χ0) is 12.3. The minimum absolute atomic E-state index is 0.0596. The maximum atomic E-state index is 8.90. The van der Waals surface area contributed by atoms with Crippen LogP contribution in [0.1, 0.15) is 17.1 Å². The van der Waals surface area contributed by atoms with Crippen molar-refractivity contribution in [3.05, 3.63) is 51.9 Å². The Balaban J connectivity index is 2.04. The van der Waals surface area contributed by atoms with Gasteiger partial charge in [0.25, 0.3) is 0 Å². The molecule has 1 aromatic heterocycles. The first-order chi connectivity index (χ1) is 8.20. The molecule has 0 bridgehead atoms. The van der Waals surface area contributed by atoms with E-state index in [0.29, 0.717) is 12.3 Å². The van der Waals surface area contributed by atoms with Crippen molar-refractivity contribution in [2.24, 2.45) is 0 Å². The van der Waals surface area contributed by atoms with Crippen molar-refractivity contribution >= 4 is 21.6 Å². The summed E-state index contributed by atoms with van der Waals surface area (Å²) in [6.07, 6.45) is 0. The van der Waals surface area contributed by atoms with E-state index in [1.165, 1.54) is 5.56 Å². The van der Waals surface area contributed by atoms with Crippen LogP contribution in [0.25, 0.3) is 0 Å². The minimum Gasteiger partial charge on any atom is -0.462 e. The van der Waals surface area contributed by atoms with Gasteiger partial charge < -0.3 is 14.8 Å². The largest absolute Gasteiger partial charge is 0.462 e. The molecule has 0 saturated heterocycles. The number of nitrogens with one attached hydrogen (secondary N) is 1. The summed E-state index contributed by atoms with van der Waals surface area (Å²) in [5.41, 5.74) is 2.24. The third-order valence-corrected chi connectivity index (χ3v) is 3.45. The molecular formula is C13H14BrNO2. The minimum atomic E-state index is -0.0596. The van der Waals surface area contributed by atoms with Crippen molar-refractivity contribution in [1.29, 1.82) is 0 Å². The summed E-state index contributed by atoms with van der Waals surface area (Å²) < 4.78 is 6.48. The van der Waals surface area contributed by atoms with Gasteiger partial charge in [0.2, 0.25) is 0 Å². The molecule has 1 heterocycles. The molecule has 0 aliphatic rings. The fourth-order valence-corrected chi connectivity index (χ4v) is 1.95. The van der Waals surface area contributed by atoms with Gasteiger partial charge in [-0.1, -0.05) is 22.0 Å². The lowest BCUT2D eigenvalue weighted by Gasteiger charge is -2.09. The van der Waals surface area contributed by atoms with Gasteiger partial charge in [0.05, 0.1) is 6.54 Å². The number of hydrogen-bond acceptors (Lipinski definition) is 3. The van der Waals surface area contributed by atoms with Crippen LogP contribution in [-0.4, -0.2) is 5.11 Å². The van der Waals surface area contributed by atoms with E-state index in [1.807, 2.05) is 31.2 Å². The molecule has 0 aliphatic heterocycles. The second-order valence-corrected chi connectivity index (χ2v) is 4.65. The Morgan fingerprint density at radius 3 is 2.71 bits per heavy atom. The molecule has 3 nitrogen and oxygen atoms in total. The van der Waals surface area contributed by atoms with E-state index < -0.39 is 0 Å². The first kappa shape index (κ1) is 12.2. The normalized spacial score (nSPS) is 10.5. The van der Waals surface area contributed by atoms with Gasteiger partial charge in [0.15, 0.2) is 0 Å². The van der Waals surface area contributed by atoms with Crippen molar-refractivity contribution in [2.45, 2.75) is 20.1 Å². The monoisotopic (exact) mass is 295 g/mol. The van der Waals surface area contributed by atoms with Gasteiger partial charge in [-0.25, -0.2) is 0 Å². The van der Waals surface area contributed by atoms with Gasteiger partial charge in [-0.15, -0.1) is 0 Å². The first-order valence-corrected chi connectivity index (χ1v) is 6.17. The van der Waals surface area contributed by atoms with E-state index in [4.69, 9.17) is 9.52 Å². The van der Waals surface area contributed by atoms with E-state index in [9.17, 15) is 0 Å². The standard InChI is InChI=1S/C13H14BrNO2/c1-9-12(14)3-2-4-13(9)15-7-10-5-6-11(8-16)17-10/h2-6,15-16H,7-8H2,1H3. The summed E-state index contributed by atoms with van der Waals surface area (Å²) in [7, 11) is 0. The Labute approximate surface area is 109 Å². The highest BCUT2D eigenvalue weighted by Crippen LogP contribution is 2.24. The molecule has 2 rings (SSSR count). The zero-order valence-corrected chi connectivity index (χ0v) is 11.1. The molecule has 2 aromatic rings. The topological polar surface area (TPSA) is 45.4 Å². The summed E-state index contributed by atoms with van der Waals surface area (Å²) in [6.45, 7) is 2.60. The third kappa shape index (κ3) is 2.90. The molecule has 0 spiro atoms. The van der Waals surface area contributed by atoms with Crippen molar-refractivity contribution in [3.8, 4) is 0 Å². The van der Waals surface area contributed by atoms with Gasteiger partial charge in [-0.05, 0) is 36.8 Å². The van der Waals surface area contributed by atoms with E-state index in [1.54, 1.807) is 6.07 Å². The Morgan fingerprint density at radius 2 is 2.00 bits per heavy atom. The molecule has 0 atom stereocenters. The van der Waals surface area contributed by atoms with Gasteiger partial charge in [-0.2, -0.15) is 0 Å². The SMILES string of the molecule is Cc1c(Br)cccc1NCc1ccc(CO)o1. The van der Waals surface area contributed by atoms with E-state index in [2.05, 4.69) is 21.2 Å². The fourth-order valence-electron chi connectivity index (χ4n) is 1.58. The van der Waals surface area contributed by atoms with Gasteiger partial charge in [0, 0.05) is 10.2 Å². The van der Waals surface area contributed by atoms with Crippen LogP contribution in [0.4, 0.5) is 5.69 Å². The number of anilines is 1. The summed E-state index contributed by atoms with van der Waals surface area (Å²) in [6, 6.07) is 9.67. The number of hydrogen-bond donors (Lipinski definition) is 2. The van der Waals surface area contributed by atoms with E-state index in [-0.39, 0.29) is 6.61 Å². The van der Waals surface area contributed by atoms with Crippen molar-refractivity contribution < 1.29 is 9.52 Å². The van der Waals surface area contributed by atoms with Crippen LogP contribution < -0.4 is 5.32 Å². The quantitative estimate of drug-likeness (QED) is 0.908. The second-order valence-electron chi connectivity index (χ2n) is 3.79. The van der Waals surface area contributed by atoms with E-state index in [0.717, 1.165) is 15.9 Å². The Kier molecular flexibility index (Phi) is 3.86. The molecule has 0 amide bonds. The van der Waals surface area contributed by atoms with Crippen LogP contribution in [0.2, 0.25) is 0 Å². The Morgan fingerprint density at radius 1 is 1.24 bits per heavy atom. The number of rotatable bonds is 4. The van der Waals surface area contributed by atoms with Crippen LogP contribution in [0.3, 0.4) is 0 Å². The maximum absolute atomic E-state index is 8.90.